The minimum atomic E-state index is -1.68. The SMILES string of the molecule is CSCCC(NC(=O)C(Cc1ccc(O)cc1)NC(=O)C(C)N)C(=O)NC(C(=O)NC(CCSC)C(=O)NC(CCCCN)C(=O)NC(C(=O)NC(CCCN=C(N)N)C(=O)NC(CCC(=O)O)C(=O)O)C(C)C)C(C)O. The number of nitrogens with one attached hydrogen (secondary N) is 8. The Morgan fingerprint density at radius 3 is 1.43 bits per heavy atom. The normalized spacial score (nSPS) is 15.0. The van der Waals surface area contributed by atoms with E-state index in [1.165, 1.54) is 49.5 Å². The molecule has 20 N–H and O–H groups in total. The van der Waals surface area contributed by atoms with Crippen LogP contribution in [0.4, 0.5) is 0 Å². The van der Waals surface area contributed by atoms with Crippen LogP contribution < -0.4 is 65.5 Å². The van der Waals surface area contributed by atoms with E-state index in [4.69, 9.17) is 28.0 Å². The summed E-state index contributed by atoms with van der Waals surface area (Å²) in [7, 11) is 0. The fourth-order valence-electron chi connectivity index (χ4n) is 7.24. The number of aliphatic carboxylic acids is 2. The second kappa shape index (κ2) is 36.6. The van der Waals surface area contributed by atoms with E-state index in [9.17, 15) is 63.3 Å². The van der Waals surface area contributed by atoms with E-state index in [1.807, 2.05) is 0 Å². The molecule has 27 nitrogen and oxygen atoms in total. The molecule has 0 aromatic heterocycles. The van der Waals surface area contributed by atoms with Crippen LogP contribution in [0, 0.1) is 5.92 Å². The molecular weight excluding hydrogens is 1050 g/mol. The first kappa shape index (κ1) is 68.6. The fraction of sp³-hybridized carbons (Fsp3) is 0.646. The number of aliphatic hydroxyl groups excluding tert-OH is 1. The number of aliphatic imine (C=N–C) groups is 1. The van der Waals surface area contributed by atoms with Crippen LogP contribution in [0.5, 0.6) is 5.75 Å². The predicted molar refractivity (Wildman–Crippen MR) is 291 cm³/mol. The number of thioether (sulfide) groups is 2. The number of nitrogens with two attached hydrogens (primary N) is 4. The summed E-state index contributed by atoms with van der Waals surface area (Å²) in [6, 6.07) is -6.36. The Bertz CT molecular complexity index is 2130. The molecule has 434 valence electrons. The number of benzene rings is 1. The number of aromatic hydroxyl groups is 1. The van der Waals surface area contributed by atoms with Crippen LogP contribution in [0.25, 0.3) is 0 Å². The van der Waals surface area contributed by atoms with Gasteiger partial charge in [0, 0.05) is 19.4 Å². The molecule has 0 radical (unpaired) electrons. The van der Waals surface area contributed by atoms with Gasteiger partial charge in [0.15, 0.2) is 5.96 Å². The number of hydrogen-bond donors (Lipinski definition) is 16. The van der Waals surface area contributed by atoms with Crippen molar-refractivity contribution in [2.75, 3.05) is 37.1 Å². The average Bonchev–Trinajstić information content (AvgIpc) is 3.36. The second-order valence-electron chi connectivity index (χ2n) is 18.6. The summed E-state index contributed by atoms with van der Waals surface area (Å²) in [6.45, 7) is 6.09. The van der Waals surface area contributed by atoms with Crippen LogP contribution in [0.1, 0.15) is 91.0 Å². The van der Waals surface area contributed by atoms with Gasteiger partial charge < -0.3 is 85.9 Å². The molecule has 0 aliphatic rings. The highest BCUT2D eigenvalue weighted by Crippen LogP contribution is 2.14. The van der Waals surface area contributed by atoms with E-state index in [2.05, 4.69) is 47.5 Å². The molecule has 77 heavy (non-hydrogen) atoms. The summed E-state index contributed by atoms with van der Waals surface area (Å²) in [5.41, 5.74) is 22.9. The van der Waals surface area contributed by atoms with Gasteiger partial charge in [-0.05, 0) is 119 Å². The number of aliphatic hydroxyl groups is 1. The molecule has 0 aliphatic carbocycles. The Hall–Kier alpha value is -6.43. The number of amides is 8. The van der Waals surface area contributed by atoms with E-state index in [1.54, 1.807) is 38.5 Å². The number of carbonyl (C=O) groups is 10. The lowest BCUT2D eigenvalue weighted by molar-refractivity contribution is -0.143. The summed E-state index contributed by atoms with van der Waals surface area (Å²) in [5, 5.41) is 59.8. The molecule has 0 fully saturated rings. The zero-order valence-corrected chi connectivity index (χ0v) is 46.1. The van der Waals surface area contributed by atoms with E-state index in [0.717, 1.165) is 0 Å². The van der Waals surface area contributed by atoms with E-state index < -0.39 is 138 Å². The number of phenols is 1. The number of phenolic OH excluding ortho intramolecular Hbond substituents is 1. The predicted octanol–water partition coefficient (Wildman–Crippen LogP) is -3.16. The quantitative estimate of drug-likeness (QED) is 0.0176. The molecule has 29 heteroatoms. The number of carboxylic acids is 2. The lowest BCUT2D eigenvalue weighted by atomic mass is 10.00. The molecule has 0 saturated heterocycles. The van der Waals surface area contributed by atoms with Gasteiger partial charge in [-0.25, -0.2) is 4.79 Å². The van der Waals surface area contributed by atoms with Crippen LogP contribution in [0.3, 0.4) is 0 Å². The third kappa shape index (κ3) is 26.9. The first-order valence-corrected chi connectivity index (χ1v) is 27.9. The Balaban J connectivity index is 3.46. The smallest absolute Gasteiger partial charge is 0.326 e. The van der Waals surface area contributed by atoms with Crippen molar-refractivity contribution in [3.63, 3.8) is 0 Å². The standard InChI is InChI=1S/C48H81N13O14S2/c1-25(2)37(45(72)56-31(11-9-21-53-48(51)52)40(67)58-34(47(74)75)16-17-36(64)65)60-42(69)30(10-7-8-20-49)54-41(68)32(18-22-76-5)57-46(73)38(27(4)62)61-43(70)33(19-23-77-6)55-44(71)35(59-39(66)26(3)50)24-28-12-14-29(63)15-13-28/h12-15,25-27,30-35,37-38,62-63H,7-11,16-24,49-50H2,1-6H3,(H,54,68)(H,55,71)(H,56,72)(H,57,73)(H,58,67)(H,59,66)(H,60,69)(H,61,70)(H,64,65)(H,74,75)(H4,51,52,53). The lowest BCUT2D eigenvalue weighted by Gasteiger charge is -2.29. The van der Waals surface area contributed by atoms with Gasteiger partial charge in [-0.1, -0.05) is 26.0 Å². The van der Waals surface area contributed by atoms with E-state index in [0.29, 0.717) is 29.9 Å². The summed E-state index contributed by atoms with van der Waals surface area (Å²) < 4.78 is 0. The molecule has 1 aromatic carbocycles. The van der Waals surface area contributed by atoms with Crippen molar-refractivity contribution < 1.29 is 68.4 Å². The van der Waals surface area contributed by atoms with Gasteiger partial charge in [0.2, 0.25) is 47.3 Å². The zero-order valence-electron chi connectivity index (χ0n) is 44.5. The van der Waals surface area contributed by atoms with Crippen molar-refractivity contribution in [1.29, 1.82) is 0 Å². The molecule has 0 aliphatic heterocycles. The van der Waals surface area contributed by atoms with Crippen LogP contribution in [-0.4, -0.2) is 183 Å². The lowest BCUT2D eigenvalue weighted by Crippen LogP contribution is -2.62. The van der Waals surface area contributed by atoms with Crippen molar-refractivity contribution in [2.24, 2.45) is 33.8 Å². The van der Waals surface area contributed by atoms with Gasteiger partial charge in [-0.2, -0.15) is 23.5 Å². The number of rotatable bonds is 38. The summed E-state index contributed by atoms with van der Waals surface area (Å²) in [4.78, 5) is 137. The molecule has 10 atom stereocenters. The van der Waals surface area contributed by atoms with Gasteiger partial charge in [0.25, 0.3) is 0 Å². The van der Waals surface area contributed by atoms with Crippen LogP contribution >= 0.6 is 23.5 Å². The minimum Gasteiger partial charge on any atom is -0.508 e. The highest BCUT2D eigenvalue weighted by molar-refractivity contribution is 7.98. The number of hydrogen-bond acceptors (Lipinski definition) is 17. The number of carboxylic acid groups (broad SMARTS) is 2. The Labute approximate surface area is 456 Å². The number of nitrogens with zero attached hydrogens (tertiary/aromatic N) is 1. The van der Waals surface area contributed by atoms with E-state index in [-0.39, 0.29) is 63.3 Å². The summed E-state index contributed by atoms with van der Waals surface area (Å²) in [5.74, 6) is -9.85. The van der Waals surface area contributed by atoms with Crippen molar-refractivity contribution in [2.45, 2.75) is 152 Å². The molecule has 0 spiro atoms. The monoisotopic (exact) mass is 1130 g/mol. The third-order valence-electron chi connectivity index (χ3n) is 11.6. The van der Waals surface area contributed by atoms with Gasteiger partial charge >= 0.3 is 11.9 Å². The Morgan fingerprint density at radius 2 is 0.987 bits per heavy atom. The molecule has 0 saturated carbocycles. The molecule has 1 aromatic rings. The Morgan fingerprint density at radius 1 is 0.558 bits per heavy atom. The van der Waals surface area contributed by atoms with Crippen molar-refractivity contribution in [1.82, 2.24) is 42.5 Å². The second-order valence-corrected chi connectivity index (χ2v) is 20.5. The van der Waals surface area contributed by atoms with Crippen molar-refractivity contribution in [3.8, 4) is 5.75 Å². The summed E-state index contributed by atoms with van der Waals surface area (Å²) >= 11 is 2.69. The minimum absolute atomic E-state index is 0.00101. The van der Waals surface area contributed by atoms with E-state index >= 15 is 0 Å². The molecule has 0 bridgehead atoms. The van der Waals surface area contributed by atoms with Gasteiger partial charge in [0.05, 0.1) is 12.1 Å². The average molecular weight is 1130 g/mol. The molecular formula is C48H81N13O14S2. The Kier molecular flexibility index (Phi) is 32.6. The maximum Gasteiger partial charge on any atom is 0.326 e. The highest BCUT2D eigenvalue weighted by atomic mass is 32.2. The van der Waals surface area contributed by atoms with Gasteiger partial charge in [-0.15, -0.1) is 0 Å². The molecule has 10 unspecified atom stereocenters. The topological polar surface area (TPSA) is 464 Å². The molecule has 8 amide bonds. The largest absolute Gasteiger partial charge is 0.508 e. The summed E-state index contributed by atoms with van der Waals surface area (Å²) in [6.07, 6.45) is 1.67. The van der Waals surface area contributed by atoms with Gasteiger partial charge in [0.1, 0.15) is 54.1 Å². The van der Waals surface area contributed by atoms with Crippen LogP contribution in [0.2, 0.25) is 0 Å². The van der Waals surface area contributed by atoms with Crippen molar-refractivity contribution in [3.05, 3.63) is 29.8 Å². The fourth-order valence-corrected chi connectivity index (χ4v) is 8.18. The zero-order chi connectivity index (χ0) is 58.4. The maximum absolute atomic E-state index is 14.2. The first-order valence-electron chi connectivity index (χ1n) is 25.1. The van der Waals surface area contributed by atoms with Crippen LogP contribution in [-0.2, 0) is 54.4 Å². The molecule has 0 heterocycles. The number of unbranched alkanes of at least 4 members (excludes halogenated alkanes) is 1. The molecule has 1 rings (SSSR count). The third-order valence-corrected chi connectivity index (χ3v) is 12.9. The highest BCUT2D eigenvalue weighted by Gasteiger charge is 2.36. The van der Waals surface area contributed by atoms with Gasteiger partial charge in [-0.3, -0.25) is 48.1 Å². The van der Waals surface area contributed by atoms with Crippen LogP contribution in [0.15, 0.2) is 29.3 Å². The number of carbonyl (C=O) groups excluding carboxylic acids is 8. The first-order chi connectivity index (χ1) is 36.3. The maximum atomic E-state index is 14.2. The van der Waals surface area contributed by atoms with Crippen molar-refractivity contribution >= 4 is 88.7 Å². The number of guanidine groups is 1.